The summed E-state index contributed by atoms with van der Waals surface area (Å²) in [5.74, 6) is 0.894. The molecule has 1 aliphatic heterocycles. The van der Waals surface area contributed by atoms with E-state index in [1.165, 1.54) is 38.6 Å². The highest BCUT2D eigenvalue weighted by Gasteiger charge is 2.30. The number of halogens is 2. The van der Waals surface area contributed by atoms with Crippen molar-refractivity contribution >= 4 is 41.5 Å². The van der Waals surface area contributed by atoms with Crippen LogP contribution in [0, 0.1) is 0 Å². The fourth-order valence-corrected chi connectivity index (χ4v) is 3.80. The summed E-state index contributed by atoms with van der Waals surface area (Å²) in [6, 6.07) is 5.09. The van der Waals surface area contributed by atoms with E-state index < -0.39 is 0 Å². The molecule has 3 rings (SSSR count). The van der Waals surface area contributed by atoms with Crippen LogP contribution in [0.5, 0.6) is 0 Å². The van der Waals surface area contributed by atoms with E-state index in [4.69, 9.17) is 16.6 Å². The molecular formula is C18H29ClIN5. The standard InChI is InChI=1S/C18H28ClN5.HI/c1-2-20-18(22-12-14-7-8-17(19)21-11-14)23-15-9-10-24(13-15)16-5-3-4-6-16;/h7-8,11,15-16H,2-6,9-10,12-13H2,1H3,(H2,20,22,23);1H. The molecular weight excluding hydrogens is 449 g/mol. The number of aromatic nitrogens is 1. The van der Waals surface area contributed by atoms with Crippen molar-refractivity contribution < 1.29 is 0 Å². The Bertz CT molecular complexity index is 545. The van der Waals surface area contributed by atoms with Gasteiger partial charge >= 0.3 is 0 Å². The molecule has 0 aromatic carbocycles. The summed E-state index contributed by atoms with van der Waals surface area (Å²) in [4.78, 5) is 11.5. The van der Waals surface area contributed by atoms with Crippen LogP contribution >= 0.6 is 35.6 Å². The topological polar surface area (TPSA) is 52.6 Å². The zero-order valence-electron chi connectivity index (χ0n) is 14.9. The van der Waals surface area contributed by atoms with Gasteiger partial charge in [0.2, 0.25) is 0 Å². The Kier molecular flexibility index (Phi) is 8.72. The highest BCUT2D eigenvalue weighted by Crippen LogP contribution is 2.26. The number of hydrogen-bond donors (Lipinski definition) is 2. The van der Waals surface area contributed by atoms with Gasteiger partial charge in [0, 0.05) is 37.9 Å². The second-order valence-corrected chi connectivity index (χ2v) is 7.13. The molecule has 1 aliphatic carbocycles. The molecule has 2 N–H and O–H groups in total. The van der Waals surface area contributed by atoms with Gasteiger partial charge in [0.05, 0.1) is 6.54 Å². The van der Waals surface area contributed by atoms with Crippen molar-refractivity contribution in [2.45, 2.75) is 57.7 Å². The van der Waals surface area contributed by atoms with Crippen molar-refractivity contribution in [3.8, 4) is 0 Å². The van der Waals surface area contributed by atoms with Crippen molar-refractivity contribution in [1.82, 2.24) is 20.5 Å². The van der Waals surface area contributed by atoms with Crippen LogP contribution < -0.4 is 10.6 Å². The summed E-state index contributed by atoms with van der Waals surface area (Å²) in [5, 5.41) is 7.47. The number of pyridine rings is 1. The third-order valence-electron chi connectivity index (χ3n) is 4.95. The predicted octanol–water partition coefficient (Wildman–Crippen LogP) is 3.43. The Morgan fingerprint density at radius 1 is 1.32 bits per heavy atom. The van der Waals surface area contributed by atoms with E-state index in [9.17, 15) is 0 Å². The molecule has 1 saturated carbocycles. The van der Waals surface area contributed by atoms with E-state index in [-0.39, 0.29) is 24.0 Å². The second-order valence-electron chi connectivity index (χ2n) is 6.75. The summed E-state index contributed by atoms with van der Waals surface area (Å²) >= 11 is 5.83. The molecule has 1 unspecified atom stereocenters. The van der Waals surface area contributed by atoms with Crippen molar-refractivity contribution in [3.63, 3.8) is 0 Å². The van der Waals surface area contributed by atoms with Crippen molar-refractivity contribution in [2.75, 3.05) is 19.6 Å². The van der Waals surface area contributed by atoms with Gasteiger partial charge in [-0.05, 0) is 37.8 Å². The number of aliphatic imine (C=N–C) groups is 1. The predicted molar refractivity (Wildman–Crippen MR) is 115 cm³/mol. The minimum atomic E-state index is 0. The van der Waals surface area contributed by atoms with Crippen molar-refractivity contribution in [2.24, 2.45) is 4.99 Å². The number of nitrogens with zero attached hydrogens (tertiary/aromatic N) is 3. The summed E-state index contributed by atoms with van der Waals surface area (Å²) < 4.78 is 0. The first-order valence-electron chi connectivity index (χ1n) is 9.14. The summed E-state index contributed by atoms with van der Waals surface area (Å²) in [6.45, 7) is 5.92. The van der Waals surface area contributed by atoms with Gasteiger partial charge in [-0.2, -0.15) is 0 Å². The summed E-state index contributed by atoms with van der Waals surface area (Å²) in [5.41, 5.74) is 1.07. The molecule has 1 saturated heterocycles. The van der Waals surface area contributed by atoms with E-state index >= 15 is 0 Å². The maximum atomic E-state index is 5.83. The molecule has 7 heteroatoms. The molecule has 1 aromatic heterocycles. The molecule has 2 aliphatic rings. The third kappa shape index (κ3) is 6.25. The highest BCUT2D eigenvalue weighted by molar-refractivity contribution is 14.0. The van der Waals surface area contributed by atoms with Gasteiger partial charge < -0.3 is 10.6 Å². The number of nitrogens with one attached hydrogen (secondary N) is 2. The molecule has 0 amide bonds. The molecule has 0 bridgehead atoms. The molecule has 2 heterocycles. The summed E-state index contributed by atoms with van der Waals surface area (Å²) in [7, 11) is 0. The average molecular weight is 478 g/mol. The highest BCUT2D eigenvalue weighted by atomic mass is 127. The summed E-state index contributed by atoms with van der Waals surface area (Å²) in [6.07, 6.45) is 8.54. The molecule has 140 valence electrons. The van der Waals surface area contributed by atoms with Crippen LogP contribution in [0.25, 0.3) is 0 Å². The molecule has 25 heavy (non-hydrogen) atoms. The van der Waals surface area contributed by atoms with Gasteiger partial charge in [-0.25, -0.2) is 9.98 Å². The Morgan fingerprint density at radius 3 is 2.80 bits per heavy atom. The zero-order valence-corrected chi connectivity index (χ0v) is 18.0. The monoisotopic (exact) mass is 477 g/mol. The van der Waals surface area contributed by atoms with Crippen LogP contribution in [0.2, 0.25) is 5.15 Å². The van der Waals surface area contributed by atoms with Crippen molar-refractivity contribution in [3.05, 3.63) is 29.0 Å². The van der Waals surface area contributed by atoms with Gasteiger partial charge in [0.15, 0.2) is 5.96 Å². The quantitative estimate of drug-likeness (QED) is 0.295. The largest absolute Gasteiger partial charge is 0.357 e. The second kappa shape index (κ2) is 10.5. The maximum absolute atomic E-state index is 5.83. The fraction of sp³-hybridized carbons (Fsp3) is 0.667. The van der Waals surface area contributed by atoms with Gasteiger partial charge in [-0.3, -0.25) is 4.90 Å². The van der Waals surface area contributed by atoms with Crippen LogP contribution in [0.4, 0.5) is 0 Å². The number of likely N-dealkylation sites (tertiary alicyclic amines) is 1. The van der Waals surface area contributed by atoms with E-state index in [0.29, 0.717) is 17.7 Å². The maximum Gasteiger partial charge on any atom is 0.191 e. The fourth-order valence-electron chi connectivity index (χ4n) is 3.69. The Hall–Kier alpha value is -0.600. The first kappa shape index (κ1) is 20.7. The smallest absolute Gasteiger partial charge is 0.191 e. The number of hydrogen-bond acceptors (Lipinski definition) is 3. The normalized spacial score (nSPS) is 22.0. The molecule has 2 fully saturated rings. The lowest BCUT2D eigenvalue weighted by Crippen LogP contribution is -2.45. The van der Waals surface area contributed by atoms with E-state index in [2.05, 4.69) is 27.4 Å². The number of rotatable bonds is 5. The third-order valence-corrected chi connectivity index (χ3v) is 5.18. The van der Waals surface area contributed by atoms with E-state index in [0.717, 1.165) is 30.7 Å². The van der Waals surface area contributed by atoms with Gasteiger partial charge in [-0.1, -0.05) is 30.5 Å². The van der Waals surface area contributed by atoms with Crippen LogP contribution in [0.1, 0.15) is 44.6 Å². The van der Waals surface area contributed by atoms with Gasteiger partial charge in [-0.15, -0.1) is 24.0 Å². The molecule has 1 aromatic rings. The van der Waals surface area contributed by atoms with Crippen LogP contribution in [-0.2, 0) is 6.54 Å². The first-order chi connectivity index (χ1) is 11.7. The lowest BCUT2D eigenvalue weighted by atomic mass is 10.2. The van der Waals surface area contributed by atoms with E-state index in [1.807, 2.05) is 12.1 Å². The molecule has 1 atom stereocenters. The Labute approximate surface area is 173 Å². The Balaban J connectivity index is 0.00000225. The van der Waals surface area contributed by atoms with Crippen LogP contribution in [0.3, 0.4) is 0 Å². The molecule has 0 spiro atoms. The molecule has 0 radical (unpaired) electrons. The lowest BCUT2D eigenvalue weighted by Gasteiger charge is -2.24. The molecule has 5 nitrogen and oxygen atoms in total. The minimum absolute atomic E-state index is 0. The van der Waals surface area contributed by atoms with E-state index in [1.54, 1.807) is 6.20 Å². The number of guanidine groups is 1. The van der Waals surface area contributed by atoms with Crippen LogP contribution in [0.15, 0.2) is 23.3 Å². The first-order valence-corrected chi connectivity index (χ1v) is 9.51. The SMILES string of the molecule is CCNC(=NCc1ccc(Cl)nc1)NC1CCN(C2CCCC2)C1.I. The van der Waals surface area contributed by atoms with Gasteiger partial charge in [0.1, 0.15) is 5.15 Å². The van der Waals surface area contributed by atoms with Crippen molar-refractivity contribution in [1.29, 1.82) is 0 Å². The lowest BCUT2D eigenvalue weighted by molar-refractivity contribution is 0.242. The minimum Gasteiger partial charge on any atom is -0.357 e. The van der Waals surface area contributed by atoms with Gasteiger partial charge in [0.25, 0.3) is 0 Å². The average Bonchev–Trinajstić information content (AvgIpc) is 3.25. The zero-order chi connectivity index (χ0) is 16.8. The van der Waals surface area contributed by atoms with Crippen LogP contribution in [-0.4, -0.2) is 47.6 Å². The Morgan fingerprint density at radius 2 is 2.12 bits per heavy atom.